The molecule has 1 aliphatic rings. The van der Waals surface area contributed by atoms with Crippen LogP contribution < -0.4 is 10.6 Å². The minimum absolute atomic E-state index is 0.00352. The van der Waals surface area contributed by atoms with E-state index in [1.807, 2.05) is 36.4 Å². The second-order valence-electron chi connectivity index (χ2n) is 10.4. The highest BCUT2D eigenvalue weighted by Crippen LogP contribution is 2.37. The van der Waals surface area contributed by atoms with Gasteiger partial charge in [-0.2, -0.15) is 0 Å². The summed E-state index contributed by atoms with van der Waals surface area (Å²) in [5, 5.41) is 5.44. The first kappa shape index (κ1) is 30.1. The molecular formula is C37H26ClFN2O3S. The number of hydrogen-bond acceptors (Lipinski definition) is 4. The van der Waals surface area contributed by atoms with E-state index in [2.05, 4.69) is 22.8 Å². The number of carbonyl (C=O) groups is 3. The number of halogens is 2. The quantitative estimate of drug-likeness (QED) is 0.0953. The number of thioether (sulfide) groups is 1. The zero-order chi connectivity index (χ0) is 31.3. The molecule has 0 fully saturated rings. The Balaban J connectivity index is 1.16. The molecule has 5 nitrogen and oxygen atoms in total. The Labute approximate surface area is 269 Å². The van der Waals surface area contributed by atoms with Crippen molar-refractivity contribution in [2.24, 2.45) is 0 Å². The highest BCUT2D eigenvalue weighted by atomic mass is 35.5. The van der Waals surface area contributed by atoms with Crippen molar-refractivity contribution in [2.45, 2.75) is 11.3 Å². The van der Waals surface area contributed by atoms with Crippen LogP contribution in [0.15, 0.2) is 126 Å². The predicted molar refractivity (Wildman–Crippen MR) is 178 cm³/mol. The topological polar surface area (TPSA) is 75.3 Å². The number of anilines is 1. The lowest BCUT2D eigenvalue weighted by molar-refractivity contribution is -0.113. The molecule has 0 saturated heterocycles. The summed E-state index contributed by atoms with van der Waals surface area (Å²) in [5.74, 6) is -1.63. The van der Waals surface area contributed by atoms with E-state index in [1.54, 1.807) is 48.5 Å². The Bertz CT molecular complexity index is 1960. The SMILES string of the molecule is O=C(Nc1cccc(SCC(=O)c2ccc3c(c2)Cc2ccccc2-3)c1)/C(=C/c1c(F)cccc1Cl)NC(=O)c1ccccc1. The third kappa shape index (κ3) is 6.90. The van der Waals surface area contributed by atoms with E-state index in [1.165, 1.54) is 52.7 Å². The molecule has 222 valence electrons. The third-order valence-electron chi connectivity index (χ3n) is 7.39. The van der Waals surface area contributed by atoms with E-state index < -0.39 is 17.6 Å². The van der Waals surface area contributed by atoms with Gasteiger partial charge in [-0.1, -0.05) is 78.3 Å². The molecule has 2 amide bonds. The first-order valence-electron chi connectivity index (χ1n) is 14.2. The maximum absolute atomic E-state index is 14.6. The summed E-state index contributed by atoms with van der Waals surface area (Å²) in [4.78, 5) is 40.2. The number of rotatable bonds is 9. The molecule has 0 spiro atoms. The summed E-state index contributed by atoms with van der Waals surface area (Å²) in [5.41, 5.74) is 6.00. The summed E-state index contributed by atoms with van der Waals surface area (Å²) in [7, 11) is 0. The second-order valence-corrected chi connectivity index (χ2v) is 11.9. The van der Waals surface area contributed by atoms with Crippen molar-refractivity contribution < 1.29 is 18.8 Å². The van der Waals surface area contributed by atoms with Crippen LogP contribution in [-0.4, -0.2) is 23.4 Å². The van der Waals surface area contributed by atoms with Gasteiger partial charge < -0.3 is 10.6 Å². The van der Waals surface area contributed by atoms with Gasteiger partial charge in [-0.3, -0.25) is 14.4 Å². The fourth-order valence-electron chi connectivity index (χ4n) is 5.15. The first-order valence-corrected chi connectivity index (χ1v) is 15.5. The highest BCUT2D eigenvalue weighted by Gasteiger charge is 2.20. The molecule has 0 radical (unpaired) electrons. The summed E-state index contributed by atoms with van der Waals surface area (Å²) >= 11 is 7.56. The molecule has 45 heavy (non-hydrogen) atoms. The van der Waals surface area contributed by atoms with E-state index >= 15 is 0 Å². The molecule has 0 saturated carbocycles. The number of carbonyl (C=O) groups excluding carboxylic acids is 3. The van der Waals surface area contributed by atoms with Gasteiger partial charge in [0.2, 0.25) is 0 Å². The maximum atomic E-state index is 14.6. The molecule has 6 rings (SSSR count). The van der Waals surface area contributed by atoms with Gasteiger partial charge in [0.1, 0.15) is 11.5 Å². The van der Waals surface area contributed by atoms with Crippen LogP contribution >= 0.6 is 23.4 Å². The fourth-order valence-corrected chi connectivity index (χ4v) is 6.22. The number of benzene rings is 5. The van der Waals surface area contributed by atoms with Gasteiger partial charge >= 0.3 is 0 Å². The molecule has 8 heteroatoms. The summed E-state index contributed by atoms with van der Waals surface area (Å²) in [6, 6.07) is 33.7. The molecule has 0 atom stereocenters. The largest absolute Gasteiger partial charge is 0.321 e. The average Bonchev–Trinajstić information content (AvgIpc) is 3.43. The van der Waals surface area contributed by atoms with Crippen molar-refractivity contribution in [3.8, 4) is 11.1 Å². The normalized spacial score (nSPS) is 11.8. The van der Waals surface area contributed by atoms with Crippen molar-refractivity contribution in [1.82, 2.24) is 5.32 Å². The van der Waals surface area contributed by atoms with Crippen molar-refractivity contribution in [2.75, 3.05) is 11.1 Å². The van der Waals surface area contributed by atoms with Gasteiger partial charge in [0.25, 0.3) is 11.8 Å². The van der Waals surface area contributed by atoms with E-state index in [9.17, 15) is 18.8 Å². The molecule has 5 aromatic carbocycles. The van der Waals surface area contributed by atoms with Crippen LogP contribution in [0.3, 0.4) is 0 Å². The lowest BCUT2D eigenvalue weighted by Crippen LogP contribution is -2.30. The van der Waals surface area contributed by atoms with Crippen LogP contribution in [-0.2, 0) is 11.2 Å². The van der Waals surface area contributed by atoms with Crippen molar-refractivity contribution >= 4 is 52.7 Å². The second kappa shape index (κ2) is 13.3. The van der Waals surface area contributed by atoms with Crippen LogP contribution in [0, 0.1) is 5.82 Å². The standard InChI is InChI=1S/C37H26ClFN2O3S/c38-32-14-7-15-33(39)31(32)21-34(41-36(43)23-8-2-1-3-9-23)37(44)40-27-11-6-12-28(20-27)45-22-35(42)25-16-17-30-26(19-25)18-24-10-4-5-13-29(24)30/h1-17,19-21H,18,22H2,(H,40,44)(H,41,43)/b34-21-. The van der Waals surface area contributed by atoms with Crippen molar-refractivity contribution in [1.29, 1.82) is 0 Å². The van der Waals surface area contributed by atoms with Crippen LogP contribution in [0.4, 0.5) is 10.1 Å². The molecule has 5 aromatic rings. The van der Waals surface area contributed by atoms with E-state index in [0.29, 0.717) is 16.8 Å². The summed E-state index contributed by atoms with van der Waals surface area (Å²) in [6.45, 7) is 0. The molecular weight excluding hydrogens is 607 g/mol. The van der Waals surface area contributed by atoms with Crippen LogP contribution in [0.1, 0.15) is 37.4 Å². The molecule has 2 N–H and O–H groups in total. The van der Waals surface area contributed by atoms with Gasteiger partial charge in [-0.05, 0) is 83.3 Å². The minimum Gasteiger partial charge on any atom is -0.321 e. The smallest absolute Gasteiger partial charge is 0.272 e. The zero-order valence-corrected chi connectivity index (χ0v) is 25.4. The Morgan fingerprint density at radius 3 is 2.36 bits per heavy atom. The zero-order valence-electron chi connectivity index (χ0n) is 23.9. The minimum atomic E-state index is -0.670. The summed E-state index contributed by atoms with van der Waals surface area (Å²) < 4.78 is 14.6. The first-order chi connectivity index (χ1) is 21.9. The maximum Gasteiger partial charge on any atom is 0.272 e. The monoisotopic (exact) mass is 632 g/mol. The van der Waals surface area contributed by atoms with Gasteiger partial charge in [0, 0.05) is 27.3 Å². The lowest BCUT2D eigenvalue weighted by Gasteiger charge is -2.13. The van der Waals surface area contributed by atoms with Crippen LogP contribution in [0.5, 0.6) is 0 Å². The predicted octanol–water partition coefficient (Wildman–Crippen LogP) is 8.43. The van der Waals surface area contributed by atoms with E-state index in [4.69, 9.17) is 11.6 Å². The van der Waals surface area contributed by atoms with E-state index in [0.717, 1.165) is 16.9 Å². The fraction of sp³-hybridized carbons (Fsp3) is 0.0541. The average molecular weight is 633 g/mol. The van der Waals surface area contributed by atoms with Crippen LogP contribution in [0.2, 0.25) is 5.02 Å². The Kier molecular flexibility index (Phi) is 8.91. The molecule has 0 aliphatic heterocycles. The highest BCUT2D eigenvalue weighted by molar-refractivity contribution is 8.00. The number of ketones is 1. The van der Waals surface area contributed by atoms with Gasteiger partial charge in [-0.25, -0.2) is 4.39 Å². The van der Waals surface area contributed by atoms with Gasteiger partial charge in [-0.15, -0.1) is 11.8 Å². The number of hydrogen-bond donors (Lipinski definition) is 2. The van der Waals surface area contributed by atoms with Crippen molar-refractivity contribution in [3.05, 3.63) is 160 Å². The van der Waals surface area contributed by atoms with Crippen LogP contribution in [0.25, 0.3) is 17.2 Å². The van der Waals surface area contributed by atoms with Gasteiger partial charge in [0.05, 0.1) is 10.8 Å². The van der Waals surface area contributed by atoms with Gasteiger partial charge in [0.15, 0.2) is 5.78 Å². The van der Waals surface area contributed by atoms with E-state index in [-0.39, 0.29) is 27.8 Å². The number of fused-ring (bicyclic) bond motifs is 3. The molecule has 1 aliphatic carbocycles. The molecule has 0 unspecified atom stereocenters. The Morgan fingerprint density at radius 1 is 0.778 bits per heavy atom. The lowest BCUT2D eigenvalue weighted by atomic mass is 10.0. The number of amides is 2. The Morgan fingerprint density at radius 2 is 1.53 bits per heavy atom. The summed E-state index contributed by atoms with van der Waals surface area (Å²) in [6.07, 6.45) is 2.02. The molecule has 0 bridgehead atoms. The number of nitrogens with one attached hydrogen (secondary N) is 2. The molecule has 0 aromatic heterocycles. The number of Topliss-reactive ketones (excluding diaryl/α,β-unsaturated/α-hetero) is 1. The Hall–Kier alpha value is -4.98. The third-order valence-corrected chi connectivity index (χ3v) is 8.72. The molecule has 0 heterocycles. The van der Waals surface area contributed by atoms with Crippen molar-refractivity contribution in [3.63, 3.8) is 0 Å².